The third-order valence-electron chi connectivity index (χ3n) is 4.26. The van der Waals surface area contributed by atoms with E-state index in [1.54, 1.807) is 12.3 Å². The van der Waals surface area contributed by atoms with Gasteiger partial charge in [-0.2, -0.15) is 0 Å². The molecule has 2 aromatic rings. The number of hydrogen-bond acceptors (Lipinski definition) is 6. The summed E-state index contributed by atoms with van der Waals surface area (Å²) in [5.74, 6) is 0.460. The first-order valence-electron chi connectivity index (χ1n) is 8.69. The lowest BCUT2D eigenvalue weighted by Crippen LogP contribution is -2.30. The number of H-pyrrole nitrogens is 1. The number of unbranched alkanes of at least 4 members (excludes halogenated alkanes) is 2. The second-order valence-corrected chi connectivity index (χ2v) is 6.13. The molecule has 1 aliphatic heterocycles. The molecule has 0 aromatic carbocycles. The highest BCUT2D eigenvalue weighted by molar-refractivity contribution is 5.48. The number of rotatable bonds is 8. The number of aromatic nitrogens is 3. The Morgan fingerprint density at radius 3 is 2.75 bits per heavy atom. The van der Waals surface area contributed by atoms with Crippen LogP contribution in [0.2, 0.25) is 0 Å². The Morgan fingerprint density at radius 1 is 1.17 bits per heavy atom. The normalized spacial score (nSPS) is 15.5. The van der Waals surface area contributed by atoms with Gasteiger partial charge in [-0.25, -0.2) is 9.78 Å². The predicted molar refractivity (Wildman–Crippen MR) is 90.0 cm³/mol. The van der Waals surface area contributed by atoms with Crippen LogP contribution in [0.25, 0.3) is 11.5 Å². The summed E-state index contributed by atoms with van der Waals surface area (Å²) in [7, 11) is 0. The Labute approximate surface area is 141 Å². The van der Waals surface area contributed by atoms with E-state index in [1.165, 1.54) is 51.7 Å². The summed E-state index contributed by atoms with van der Waals surface area (Å²) < 4.78 is 10.2. The quantitative estimate of drug-likeness (QED) is 0.748. The smallest absolute Gasteiger partial charge is 0.439 e. The van der Waals surface area contributed by atoms with Gasteiger partial charge < -0.3 is 9.64 Å². The fourth-order valence-electron chi connectivity index (χ4n) is 2.93. The number of nitrogens with zero attached hydrogens (tertiary/aromatic N) is 3. The van der Waals surface area contributed by atoms with E-state index in [0.29, 0.717) is 18.1 Å². The Kier molecular flexibility index (Phi) is 6.01. The molecule has 7 nitrogen and oxygen atoms in total. The first-order chi connectivity index (χ1) is 11.8. The van der Waals surface area contributed by atoms with Crippen LogP contribution in [-0.2, 0) is 0 Å². The van der Waals surface area contributed by atoms with Crippen LogP contribution >= 0.6 is 0 Å². The molecule has 2 aromatic heterocycles. The lowest BCUT2D eigenvalue weighted by atomic mass is 10.1. The largest absolute Gasteiger partial charge is 0.492 e. The van der Waals surface area contributed by atoms with Gasteiger partial charge in [-0.15, -0.1) is 0 Å². The molecule has 1 fully saturated rings. The summed E-state index contributed by atoms with van der Waals surface area (Å²) in [4.78, 5) is 20.2. The average molecular weight is 332 g/mol. The maximum atomic E-state index is 10.9. The van der Waals surface area contributed by atoms with E-state index in [1.807, 2.05) is 6.07 Å². The van der Waals surface area contributed by atoms with Crippen molar-refractivity contribution in [3.8, 4) is 17.3 Å². The first kappa shape index (κ1) is 16.7. The Morgan fingerprint density at radius 2 is 2.04 bits per heavy atom. The summed E-state index contributed by atoms with van der Waals surface area (Å²) in [6.07, 6.45) is 9.21. The Balaban J connectivity index is 1.32. The zero-order chi connectivity index (χ0) is 16.6. The molecule has 0 atom stereocenters. The molecule has 0 radical (unpaired) electrons. The Bertz CT molecular complexity index is 659. The fourth-order valence-corrected chi connectivity index (χ4v) is 2.93. The van der Waals surface area contributed by atoms with Gasteiger partial charge in [0.2, 0.25) is 5.82 Å². The highest BCUT2D eigenvalue weighted by Crippen LogP contribution is 2.15. The van der Waals surface area contributed by atoms with Crippen LogP contribution in [-0.4, -0.2) is 46.3 Å². The molecule has 0 amide bonds. The van der Waals surface area contributed by atoms with E-state index in [0.717, 1.165) is 12.2 Å². The van der Waals surface area contributed by atoms with Gasteiger partial charge in [0.25, 0.3) is 0 Å². The lowest BCUT2D eigenvalue weighted by molar-refractivity contribution is 0.221. The number of nitrogens with one attached hydrogen (secondary N) is 1. The van der Waals surface area contributed by atoms with E-state index in [9.17, 15) is 4.79 Å². The molecule has 1 aliphatic rings. The number of aromatic amines is 1. The van der Waals surface area contributed by atoms with Crippen LogP contribution in [0.4, 0.5) is 0 Å². The van der Waals surface area contributed by atoms with E-state index in [-0.39, 0.29) is 0 Å². The molecular weight excluding hydrogens is 308 g/mol. The Hall–Kier alpha value is -2.15. The third kappa shape index (κ3) is 4.92. The summed E-state index contributed by atoms with van der Waals surface area (Å²) in [5, 5.41) is 3.60. The maximum absolute atomic E-state index is 10.9. The van der Waals surface area contributed by atoms with Crippen LogP contribution in [0.5, 0.6) is 5.75 Å². The van der Waals surface area contributed by atoms with Gasteiger partial charge in [-0.05, 0) is 63.9 Å². The molecular formula is C17H24N4O3. The number of hydrogen-bond donors (Lipinski definition) is 1. The minimum Gasteiger partial charge on any atom is -0.492 e. The summed E-state index contributed by atoms with van der Waals surface area (Å²) >= 11 is 0. The van der Waals surface area contributed by atoms with Crippen LogP contribution in [0.15, 0.2) is 27.6 Å². The van der Waals surface area contributed by atoms with Crippen LogP contribution in [0, 0.1) is 0 Å². The van der Waals surface area contributed by atoms with Crippen molar-refractivity contribution in [2.75, 3.05) is 26.2 Å². The molecule has 3 heterocycles. The van der Waals surface area contributed by atoms with Crippen molar-refractivity contribution in [3.05, 3.63) is 28.9 Å². The minimum atomic E-state index is -0.586. The molecule has 24 heavy (non-hydrogen) atoms. The van der Waals surface area contributed by atoms with Crippen molar-refractivity contribution in [2.24, 2.45) is 0 Å². The highest BCUT2D eigenvalue weighted by Gasteiger charge is 2.09. The lowest BCUT2D eigenvalue weighted by Gasteiger charge is -2.26. The maximum Gasteiger partial charge on any atom is 0.439 e. The number of ether oxygens (including phenoxy) is 1. The molecule has 1 saturated heterocycles. The fraction of sp³-hybridized carbons (Fsp3) is 0.588. The minimum absolute atomic E-state index is 0.323. The van der Waals surface area contributed by atoms with Gasteiger partial charge in [-0.3, -0.25) is 9.51 Å². The van der Waals surface area contributed by atoms with Gasteiger partial charge >= 0.3 is 5.76 Å². The van der Waals surface area contributed by atoms with E-state index in [4.69, 9.17) is 4.74 Å². The first-order valence-corrected chi connectivity index (χ1v) is 8.69. The molecule has 3 rings (SSSR count). The molecule has 0 spiro atoms. The van der Waals surface area contributed by atoms with Gasteiger partial charge in [0.15, 0.2) is 0 Å². The second kappa shape index (κ2) is 8.63. The second-order valence-electron chi connectivity index (χ2n) is 6.13. The summed E-state index contributed by atoms with van der Waals surface area (Å²) in [5.41, 5.74) is 0.551. The molecule has 130 valence electrons. The van der Waals surface area contributed by atoms with E-state index >= 15 is 0 Å². The van der Waals surface area contributed by atoms with Crippen molar-refractivity contribution in [3.63, 3.8) is 0 Å². The monoisotopic (exact) mass is 332 g/mol. The standard InChI is InChI=1S/C17H24N4O3/c22-17-19-16(20-24-17)15-8-7-14(13-18-15)23-12-6-2-5-11-21-9-3-1-4-10-21/h7-8,13H,1-6,9-12H2,(H,19,20,22). The highest BCUT2D eigenvalue weighted by atomic mass is 16.5. The van der Waals surface area contributed by atoms with Crippen molar-refractivity contribution >= 4 is 0 Å². The number of pyridine rings is 1. The molecule has 0 aliphatic carbocycles. The topological polar surface area (TPSA) is 84.3 Å². The number of piperidine rings is 1. The van der Waals surface area contributed by atoms with Gasteiger partial charge in [0.1, 0.15) is 11.4 Å². The van der Waals surface area contributed by atoms with Gasteiger partial charge in [0, 0.05) is 0 Å². The molecule has 1 N–H and O–H groups in total. The average Bonchev–Trinajstić information content (AvgIpc) is 3.06. The van der Waals surface area contributed by atoms with Gasteiger partial charge in [-0.1, -0.05) is 11.6 Å². The van der Waals surface area contributed by atoms with Crippen molar-refractivity contribution < 1.29 is 9.26 Å². The SMILES string of the molecule is O=c1[nH]c(-c2ccc(OCCCCCN3CCCCC3)cn2)no1. The van der Waals surface area contributed by atoms with Crippen LogP contribution in [0.1, 0.15) is 38.5 Å². The number of likely N-dealkylation sites (tertiary alicyclic amines) is 1. The molecule has 0 bridgehead atoms. The van der Waals surface area contributed by atoms with Crippen molar-refractivity contribution in [1.29, 1.82) is 0 Å². The predicted octanol–water partition coefficient (Wildman–Crippen LogP) is 2.46. The molecule has 0 unspecified atom stereocenters. The zero-order valence-electron chi connectivity index (χ0n) is 13.9. The van der Waals surface area contributed by atoms with Crippen LogP contribution in [0.3, 0.4) is 0 Å². The third-order valence-corrected chi connectivity index (χ3v) is 4.26. The van der Waals surface area contributed by atoms with Crippen molar-refractivity contribution in [1.82, 2.24) is 20.0 Å². The van der Waals surface area contributed by atoms with Gasteiger partial charge in [0.05, 0.1) is 12.8 Å². The molecule has 0 saturated carbocycles. The molecule has 7 heteroatoms. The zero-order valence-corrected chi connectivity index (χ0v) is 13.9. The van der Waals surface area contributed by atoms with Crippen LogP contribution < -0.4 is 10.5 Å². The van der Waals surface area contributed by atoms with E-state index < -0.39 is 5.76 Å². The summed E-state index contributed by atoms with van der Waals surface area (Å²) in [6, 6.07) is 3.57. The van der Waals surface area contributed by atoms with E-state index in [2.05, 4.69) is 24.5 Å². The summed E-state index contributed by atoms with van der Waals surface area (Å²) in [6.45, 7) is 4.45. The van der Waals surface area contributed by atoms with Crippen molar-refractivity contribution in [2.45, 2.75) is 38.5 Å².